The van der Waals surface area contributed by atoms with Crippen LogP contribution in [0.4, 0.5) is 0 Å². The lowest BCUT2D eigenvalue weighted by atomic mass is 9.79. The molecule has 3 atom stereocenters. The van der Waals surface area contributed by atoms with E-state index in [-0.39, 0.29) is 18.3 Å². The molecule has 0 saturated carbocycles. The number of benzene rings is 1. The maximum atomic E-state index is 11.6. The van der Waals surface area contributed by atoms with Gasteiger partial charge in [-0.1, -0.05) is 0 Å². The van der Waals surface area contributed by atoms with Crippen LogP contribution in [0.15, 0.2) is 48.9 Å². The van der Waals surface area contributed by atoms with E-state index in [1.54, 1.807) is 19.5 Å². The molecule has 0 radical (unpaired) electrons. The Morgan fingerprint density at radius 2 is 2.06 bits per heavy atom. The molecule has 0 spiro atoms. The van der Waals surface area contributed by atoms with Crippen LogP contribution in [0.5, 0.6) is 5.75 Å². The molecule has 1 aliphatic heterocycles. The molecule has 2 aromatic heterocycles. The van der Waals surface area contributed by atoms with Crippen LogP contribution in [-0.4, -0.2) is 63.0 Å². The average Bonchev–Trinajstić information content (AvgIpc) is 2.90. The van der Waals surface area contributed by atoms with E-state index < -0.39 is 12.1 Å². The summed E-state index contributed by atoms with van der Waals surface area (Å²) in [4.78, 5) is 18.4. The van der Waals surface area contributed by atoms with Gasteiger partial charge in [-0.3, -0.25) is 9.78 Å². The average molecular weight is 493 g/mol. The van der Waals surface area contributed by atoms with E-state index in [9.17, 15) is 15.0 Å². The molecule has 1 aromatic carbocycles. The largest absolute Gasteiger partial charge is 0.497 e. The van der Waals surface area contributed by atoms with Crippen LogP contribution < -0.4 is 4.74 Å². The molecular formula is C28H36N4O4. The zero-order valence-corrected chi connectivity index (χ0v) is 20.9. The number of hydrogen-bond acceptors (Lipinski definition) is 7. The van der Waals surface area contributed by atoms with Crippen molar-refractivity contribution in [3.05, 3.63) is 60.0 Å². The number of aryl methyl sites for hydroxylation is 1. The molecule has 3 heterocycles. The lowest BCUT2D eigenvalue weighted by Crippen LogP contribution is -2.41. The van der Waals surface area contributed by atoms with Gasteiger partial charge in [0.15, 0.2) is 0 Å². The number of carboxylic acid groups (broad SMARTS) is 1. The van der Waals surface area contributed by atoms with Crippen molar-refractivity contribution in [2.45, 2.75) is 51.0 Å². The normalized spacial score (nSPS) is 19.3. The first-order chi connectivity index (χ1) is 17.5. The predicted octanol–water partition coefficient (Wildman–Crippen LogP) is 4.28. The third-order valence-electron chi connectivity index (χ3n) is 7.40. The number of nitrogens with zero attached hydrogens (tertiary/aromatic N) is 4. The van der Waals surface area contributed by atoms with Crippen LogP contribution in [0.25, 0.3) is 10.9 Å². The van der Waals surface area contributed by atoms with E-state index in [0.29, 0.717) is 6.42 Å². The quantitative estimate of drug-likeness (QED) is 0.361. The number of piperidine rings is 1. The smallest absolute Gasteiger partial charge is 0.303 e. The summed E-state index contributed by atoms with van der Waals surface area (Å²) in [5.74, 6) is 0.375. The number of hydrogen-bond donors (Lipinski definition) is 2. The van der Waals surface area contributed by atoms with E-state index in [1.807, 2.05) is 36.5 Å². The second-order valence-corrected chi connectivity index (χ2v) is 9.79. The minimum absolute atomic E-state index is 0.0992. The standard InChI is InChI=1S/C28H36N4O4/c1-36-23-6-7-26-25(17-23)24(10-12-29-26)27(33)8-5-21-11-15-32(19-22(21)16-28(34)35)14-3-2-4-20-9-13-30-31-18-20/h6-7,9-10,12-13,17-18,21-22,27,33H,2-5,8,11,14-16,19H2,1H3,(H,34,35)/t21-,22+,27?/m1/s1. The summed E-state index contributed by atoms with van der Waals surface area (Å²) in [7, 11) is 1.63. The molecule has 192 valence electrons. The van der Waals surface area contributed by atoms with Crippen LogP contribution in [0, 0.1) is 11.8 Å². The molecular weight excluding hydrogens is 456 g/mol. The third-order valence-corrected chi connectivity index (χ3v) is 7.40. The maximum Gasteiger partial charge on any atom is 0.303 e. The number of aromatic nitrogens is 3. The van der Waals surface area contributed by atoms with E-state index in [2.05, 4.69) is 20.1 Å². The molecule has 1 aliphatic rings. The third kappa shape index (κ3) is 6.98. The van der Waals surface area contributed by atoms with Gasteiger partial charge in [-0.05, 0) is 105 Å². The predicted molar refractivity (Wildman–Crippen MR) is 138 cm³/mol. The summed E-state index contributed by atoms with van der Waals surface area (Å²) < 4.78 is 5.36. The number of aliphatic hydroxyl groups is 1. The summed E-state index contributed by atoms with van der Waals surface area (Å²) in [5.41, 5.74) is 2.87. The highest BCUT2D eigenvalue weighted by atomic mass is 16.5. The number of fused-ring (bicyclic) bond motifs is 1. The van der Waals surface area contributed by atoms with Gasteiger partial charge >= 0.3 is 5.97 Å². The number of carboxylic acids is 1. The number of unbranched alkanes of at least 4 members (excludes halogenated alkanes) is 1. The Hall–Kier alpha value is -3.10. The lowest BCUT2D eigenvalue weighted by Gasteiger charge is -2.38. The lowest BCUT2D eigenvalue weighted by molar-refractivity contribution is -0.139. The summed E-state index contributed by atoms with van der Waals surface area (Å²) in [6, 6.07) is 9.55. The van der Waals surface area contributed by atoms with Gasteiger partial charge in [-0.25, -0.2) is 0 Å². The molecule has 36 heavy (non-hydrogen) atoms. The summed E-state index contributed by atoms with van der Waals surface area (Å²) in [6.45, 7) is 2.76. The van der Waals surface area contributed by atoms with Gasteiger partial charge in [0.05, 0.1) is 24.9 Å². The molecule has 0 amide bonds. The Balaban J connectivity index is 1.31. The zero-order chi connectivity index (χ0) is 25.3. The Bertz CT molecular complexity index is 1130. The fourth-order valence-corrected chi connectivity index (χ4v) is 5.42. The van der Waals surface area contributed by atoms with E-state index in [4.69, 9.17) is 4.74 Å². The van der Waals surface area contributed by atoms with Crippen molar-refractivity contribution in [1.29, 1.82) is 0 Å². The fraction of sp³-hybridized carbons (Fsp3) is 0.500. The highest BCUT2D eigenvalue weighted by Crippen LogP contribution is 2.34. The second-order valence-electron chi connectivity index (χ2n) is 9.79. The van der Waals surface area contributed by atoms with Crippen LogP contribution >= 0.6 is 0 Å². The van der Waals surface area contributed by atoms with Crippen LogP contribution in [-0.2, 0) is 11.2 Å². The van der Waals surface area contributed by atoms with E-state index in [0.717, 1.165) is 74.0 Å². The van der Waals surface area contributed by atoms with Crippen LogP contribution in [0.2, 0.25) is 0 Å². The summed E-state index contributed by atoms with van der Waals surface area (Å²) >= 11 is 0. The maximum absolute atomic E-state index is 11.6. The topological polar surface area (TPSA) is 109 Å². The number of carbonyl (C=O) groups is 1. The first-order valence-corrected chi connectivity index (χ1v) is 12.8. The Kier molecular flexibility index (Phi) is 9.19. The van der Waals surface area contributed by atoms with Crippen LogP contribution in [0.3, 0.4) is 0 Å². The first kappa shape index (κ1) is 26.0. The minimum Gasteiger partial charge on any atom is -0.497 e. The van der Waals surface area contributed by atoms with Crippen molar-refractivity contribution in [3.63, 3.8) is 0 Å². The van der Waals surface area contributed by atoms with Gasteiger partial charge in [0.2, 0.25) is 0 Å². The molecule has 2 N–H and O–H groups in total. The van der Waals surface area contributed by atoms with E-state index in [1.165, 1.54) is 5.56 Å². The van der Waals surface area contributed by atoms with Gasteiger partial charge in [0, 0.05) is 30.7 Å². The second kappa shape index (κ2) is 12.7. The fourth-order valence-electron chi connectivity index (χ4n) is 5.42. The summed E-state index contributed by atoms with van der Waals surface area (Å²) in [6.07, 6.45) is 10.3. The number of pyridine rings is 1. The zero-order valence-electron chi connectivity index (χ0n) is 20.9. The van der Waals surface area contributed by atoms with Gasteiger partial charge in [0.25, 0.3) is 0 Å². The summed E-state index contributed by atoms with van der Waals surface area (Å²) in [5, 5.41) is 29.2. The molecule has 0 aliphatic carbocycles. The van der Waals surface area contributed by atoms with Crippen molar-refractivity contribution in [1.82, 2.24) is 20.1 Å². The number of rotatable bonds is 12. The number of methoxy groups -OCH3 is 1. The highest BCUT2D eigenvalue weighted by Gasteiger charge is 2.31. The van der Waals surface area contributed by atoms with Crippen LogP contribution in [0.1, 0.15) is 55.8 Å². The number of ether oxygens (including phenoxy) is 1. The van der Waals surface area contributed by atoms with Crippen molar-refractivity contribution < 1.29 is 19.7 Å². The molecule has 1 fully saturated rings. The van der Waals surface area contributed by atoms with Crippen molar-refractivity contribution in [3.8, 4) is 5.75 Å². The Labute approximate surface area is 212 Å². The monoisotopic (exact) mass is 492 g/mol. The SMILES string of the molecule is COc1ccc2nccc(C(O)CC[C@@H]3CCN(CCCCc4ccnnc4)C[C@@H]3CC(=O)O)c2c1. The van der Waals surface area contributed by atoms with Gasteiger partial charge < -0.3 is 19.8 Å². The van der Waals surface area contributed by atoms with Gasteiger partial charge in [-0.15, -0.1) is 0 Å². The van der Waals surface area contributed by atoms with Gasteiger partial charge in [-0.2, -0.15) is 10.2 Å². The van der Waals surface area contributed by atoms with Gasteiger partial charge in [0.1, 0.15) is 5.75 Å². The molecule has 1 saturated heterocycles. The Morgan fingerprint density at radius 3 is 2.83 bits per heavy atom. The number of aliphatic carboxylic acids is 1. The molecule has 3 aromatic rings. The molecule has 0 bridgehead atoms. The minimum atomic E-state index is -0.746. The van der Waals surface area contributed by atoms with E-state index >= 15 is 0 Å². The van der Waals surface area contributed by atoms with Crippen molar-refractivity contribution in [2.75, 3.05) is 26.7 Å². The molecule has 4 rings (SSSR count). The van der Waals surface area contributed by atoms with Crippen molar-refractivity contribution in [2.24, 2.45) is 11.8 Å². The number of aliphatic hydroxyl groups excluding tert-OH is 1. The highest BCUT2D eigenvalue weighted by molar-refractivity contribution is 5.83. The number of likely N-dealkylation sites (tertiary alicyclic amines) is 1. The molecule has 8 heteroatoms. The first-order valence-electron chi connectivity index (χ1n) is 12.8. The molecule has 1 unspecified atom stereocenters. The van der Waals surface area contributed by atoms with Crippen molar-refractivity contribution >= 4 is 16.9 Å². The Morgan fingerprint density at radius 1 is 1.17 bits per heavy atom. The molecule has 8 nitrogen and oxygen atoms in total.